The summed E-state index contributed by atoms with van der Waals surface area (Å²) in [5.41, 5.74) is 6.44. The van der Waals surface area contributed by atoms with Crippen molar-refractivity contribution >= 4 is 11.7 Å². The highest BCUT2D eigenvalue weighted by Crippen LogP contribution is 2.18. The van der Waals surface area contributed by atoms with Crippen LogP contribution >= 0.6 is 0 Å². The fraction of sp³-hybridized carbons (Fsp3) is 0.143. The zero-order valence-electron chi connectivity index (χ0n) is 10.4. The van der Waals surface area contributed by atoms with Gasteiger partial charge in [0.25, 0.3) is 0 Å². The molecule has 2 aromatic rings. The van der Waals surface area contributed by atoms with Crippen molar-refractivity contribution in [1.29, 1.82) is 0 Å². The van der Waals surface area contributed by atoms with E-state index < -0.39 is 5.91 Å². The Hall–Kier alpha value is -2.43. The molecule has 0 saturated heterocycles. The normalized spacial score (nSPS) is 11.9. The number of halogens is 1. The van der Waals surface area contributed by atoms with Crippen molar-refractivity contribution in [3.8, 4) is 0 Å². The summed E-state index contributed by atoms with van der Waals surface area (Å²) in [6.45, 7) is 1.94. The zero-order chi connectivity index (χ0) is 13.8. The van der Waals surface area contributed by atoms with E-state index in [2.05, 4.69) is 10.3 Å². The average Bonchev–Trinajstić information content (AvgIpc) is 2.40. The second-order valence-electron chi connectivity index (χ2n) is 4.21. The number of carbonyl (C=O) groups is 1. The van der Waals surface area contributed by atoms with Gasteiger partial charge in [0.15, 0.2) is 0 Å². The fourth-order valence-electron chi connectivity index (χ4n) is 1.68. The van der Waals surface area contributed by atoms with Crippen molar-refractivity contribution < 1.29 is 9.18 Å². The maximum Gasteiger partial charge on any atom is 0.250 e. The molecule has 0 spiro atoms. The summed E-state index contributed by atoms with van der Waals surface area (Å²) in [6, 6.07) is 9.52. The number of hydrogen-bond donors (Lipinski definition) is 2. The number of hydrogen-bond acceptors (Lipinski definition) is 3. The number of pyridine rings is 1. The molecule has 5 heteroatoms. The molecule has 1 aromatic carbocycles. The van der Waals surface area contributed by atoms with Crippen molar-refractivity contribution in [2.24, 2.45) is 5.73 Å². The van der Waals surface area contributed by atoms with E-state index in [1.807, 2.05) is 6.92 Å². The molecule has 1 heterocycles. The van der Waals surface area contributed by atoms with Crippen molar-refractivity contribution in [2.45, 2.75) is 13.0 Å². The Balaban J connectivity index is 2.08. The lowest BCUT2D eigenvalue weighted by atomic mass is 10.1. The van der Waals surface area contributed by atoms with E-state index in [4.69, 9.17) is 5.73 Å². The Kier molecular flexibility index (Phi) is 3.75. The van der Waals surface area contributed by atoms with Gasteiger partial charge in [-0.2, -0.15) is 0 Å². The molecular formula is C14H14FN3O. The summed E-state index contributed by atoms with van der Waals surface area (Å²) in [6.07, 6.45) is 1.42. The zero-order valence-corrected chi connectivity index (χ0v) is 10.4. The van der Waals surface area contributed by atoms with Gasteiger partial charge in [0.05, 0.1) is 5.56 Å². The van der Waals surface area contributed by atoms with Gasteiger partial charge in [-0.25, -0.2) is 9.37 Å². The molecule has 1 atom stereocenters. The minimum absolute atomic E-state index is 0.0208. The monoisotopic (exact) mass is 259 g/mol. The van der Waals surface area contributed by atoms with Gasteiger partial charge >= 0.3 is 0 Å². The van der Waals surface area contributed by atoms with Gasteiger partial charge in [-0.1, -0.05) is 12.1 Å². The Morgan fingerprint density at radius 1 is 1.26 bits per heavy atom. The molecule has 3 N–H and O–H groups in total. The Bertz CT molecular complexity index is 566. The number of benzene rings is 1. The van der Waals surface area contributed by atoms with Crippen LogP contribution in [0.2, 0.25) is 0 Å². The van der Waals surface area contributed by atoms with E-state index in [1.165, 1.54) is 18.3 Å². The van der Waals surface area contributed by atoms with Crippen LogP contribution in [0.1, 0.15) is 28.9 Å². The molecule has 0 aliphatic carbocycles. The first-order chi connectivity index (χ1) is 9.06. The van der Waals surface area contributed by atoms with E-state index >= 15 is 0 Å². The van der Waals surface area contributed by atoms with Crippen LogP contribution < -0.4 is 11.1 Å². The number of nitrogens with two attached hydrogens (primary N) is 1. The summed E-state index contributed by atoms with van der Waals surface area (Å²) >= 11 is 0. The highest BCUT2D eigenvalue weighted by atomic mass is 19.1. The van der Waals surface area contributed by atoms with Crippen molar-refractivity contribution in [3.63, 3.8) is 0 Å². The third kappa shape index (κ3) is 3.28. The Morgan fingerprint density at radius 3 is 2.47 bits per heavy atom. The number of carbonyl (C=O) groups excluding carboxylic acids is 1. The third-order valence-corrected chi connectivity index (χ3v) is 2.78. The van der Waals surface area contributed by atoms with Gasteiger partial charge in [0.2, 0.25) is 5.91 Å². The molecule has 0 bridgehead atoms. The summed E-state index contributed by atoms with van der Waals surface area (Å²) in [7, 11) is 0. The third-order valence-electron chi connectivity index (χ3n) is 2.78. The van der Waals surface area contributed by atoms with Crippen LogP contribution in [0, 0.1) is 5.82 Å². The molecule has 0 aliphatic rings. The van der Waals surface area contributed by atoms with Crippen LogP contribution in [0.4, 0.5) is 10.2 Å². The topological polar surface area (TPSA) is 68.0 Å². The molecule has 1 amide bonds. The van der Waals surface area contributed by atoms with Crippen LogP contribution in [0.3, 0.4) is 0 Å². The second kappa shape index (κ2) is 5.48. The molecule has 0 radical (unpaired) electrons. The lowest BCUT2D eigenvalue weighted by Crippen LogP contribution is -2.12. The van der Waals surface area contributed by atoms with Crippen LogP contribution in [-0.2, 0) is 0 Å². The molecule has 1 unspecified atom stereocenters. The molecule has 0 aliphatic heterocycles. The van der Waals surface area contributed by atoms with E-state index in [0.717, 1.165) is 5.56 Å². The molecule has 98 valence electrons. The summed E-state index contributed by atoms with van der Waals surface area (Å²) < 4.78 is 12.8. The number of nitrogens with zero attached hydrogens (tertiary/aromatic N) is 1. The number of aromatic nitrogens is 1. The lowest BCUT2D eigenvalue weighted by molar-refractivity contribution is 0.1000. The first-order valence-corrected chi connectivity index (χ1v) is 5.84. The number of nitrogens with one attached hydrogen (secondary N) is 1. The molecule has 1 aromatic heterocycles. The lowest BCUT2D eigenvalue weighted by Gasteiger charge is -2.14. The molecule has 2 rings (SSSR count). The number of primary amides is 1. The number of amides is 1. The van der Waals surface area contributed by atoms with Crippen LogP contribution in [0.5, 0.6) is 0 Å². The van der Waals surface area contributed by atoms with E-state index in [0.29, 0.717) is 11.4 Å². The van der Waals surface area contributed by atoms with Gasteiger partial charge < -0.3 is 11.1 Å². The van der Waals surface area contributed by atoms with Gasteiger partial charge in [-0.05, 0) is 36.8 Å². The predicted molar refractivity (Wildman–Crippen MR) is 71.2 cm³/mol. The van der Waals surface area contributed by atoms with Gasteiger partial charge in [-0.15, -0.1) is 0 Å². The smallest absolute Gasteiger partial charge is 0.250 e. The molecule has 4 nitrogen and oxygen atoms in total. The van der Waals surface area contributed by atoms with E-state index in [-0.39, 0.29) is 11.9 Å². The summed E-state index contributed by atoms with van der Waals surface area (Å²) in [5.74, 6) is -0.146. The van der Waals surface area contributed by atoms with Crippen molar-refractivity contribution in [1.82, 2.24) is 4.98 Å². The summed E-state index contributed by atoms with van der Waals surface area (Å²) in [5, 5.41) is 3.16. The first kappa shape index (κ1) is 13.0. The Labute approximate surface area is 110 Å². The maximum absolute atomic E-state index is 12.8. The number of rotatable bonds is 4. The molecule has 19 heavy (non-hydrogen) atoms. The molecule has 0 fully saturated rings. The number of anilines is 1. The standard InChI is InChI=1S/C14H14FN3O/c1-9(10-2-5-12(15)6-3-10)18-13-7-4-11(8-17-13)14(16)19/h2-9H,1H3,(H2,16,19)(H,17,18). The van der Waals surface area contributed by atoms with E-state index in [1.54, 1.807) is 24.3 Å². The van der Waals surface area contributed by atoms with E-state index in [9.17, 15) is 9.18 Å². The quantitative estimate of drug-likeness (QED) is 0.886. The van der Waals surface area contributed by atoms with Crippen molar-refractivity contribution in [3.05, 3.63) is 59.5 Å². The highest BCUT2D eigenvalue weighted by molar-refractivity contribution is 5.92. The van der Waals surface area contributed by atoms with Gasteiger partial charge in [-0.3, -0.25) is 4.79 Å². The van der Waals surface area contributed by atoms with Crippen LogP contribution in [-0.4, -0.2) is 10.9 Å². The first-order valence-electron chi connectivity index (χ1n) is 5.84. The van der Waals surface area contributed by atoms with Crippen LogP contribution in [0.25, 0.3) is 0 Å². The van der Waals surface area contributed by atoms with Crippen LogP contribution in [0.15, 0.2) is 42.6 Å². The van der Waals surface area contributed by atoms with Crippen molar-refractivity contribution in [2.75, 3.05) is 5.32 Å². The fourth-order valence-corrected chi connectivity index (χ4v) is 1.68. The van der Waals surface area contributed by atoms with Gasteiger partial charge in [0.1, 0.15) is 11.6 Å². The maximum atomic E-state index is 12.8. The highest BCUT2D eigenvalue weighted by Gasteiger charge is 2.07. The Morgan fingerprint density at radius 2 is 1.95 bits per heavy atom. The molecule has 0 saturated carbocycles. The van der Waals surface area contributed by atoms with Gasteiger partial charge in [0, 0.05) is 12.2 Å². The SMILES string of the molecule is CC(Nc1ccc(C(N)=O)cn1)c1ccc(F)cc1. The largest absolute Gasteiger partial charge is 0.366 e. The minimum Gasteiger partial charge on any atom is -0.366 e. The summed E-state index contributed by atoms with van der Waals surface area (Å²) in [4.78, 5) is 15.0. The predicted octanol–water partition coefficient (Wildman–Crippen LogP) is 2.49. The average molecular weight is 259 g/mol. The molecular weight excluding hydrogens is 245 g/mol. The second-order valence-corrected chi connectivity index (χ2v) is 4.21. The minimum atomic E-state index is -0.509.